The van der Waals surface area contributed by atoms with Crippen LogP contribution in [0.25, 0.3) is 70.7 Å². The van der Waals surface area contributed by atoms with Gasteiger partial charge in [0, 0.05) is 16.8 Å². The third-order valence-corrected chi connectivity index (χ3v) is 14.7. The number of hydrogen-bond acceptors (Lipinski definition) is 2. The van der Waals surface area contributed by atoms with Gasteiger partial charge in [-0.3, -0.25) is 4.40 Å². The molecule has 2 aromatic heterocycles. The first-order chi connectivity index (χ1) is 23.2. The van der Waals surface area contributed by atoms with Crippen molar-refractivity contribution < 1.29 is 0 Å². The molecule has 0 spiro atoms. The molecule has 4 heteroatoms. The average molecular weight is 635 g/mol. The molecule has 1 unspecified atom stereocenters. The van der Waals surface area contributed by atoms with E-state index in [1.54, 1.807) is 0 Å². The quantitative estimate of drug-likeness (QED) is 0.142. The molecule has 0 saturated heterocycles. The summed E-state index contributed by atoms with van der Waals surface area (Å²) in [6.45, 7) is 0. The predicted octanol–water partition coefficient (Wildman–Crippen LogP) is 10.0. The fraction of sp³-hybridized carbons (Fsp3) is 0. The lowest BCUT2D eigenvalue weighted by molar-refractivity contribution is 1.32. The molecule has 8 aromatic carbocycles. The summed E-state index contributed by atoms with van der Waals surface area (Å²) in [5.74, 6) is 0. The third kappa shape index (κ3) is 3.91. The zero-order valence-electron chi connectivity index (χ0n) is 25.3. The molecule has 2 heterocycles. The van der Waals surface area contributed by atoms with Gasteiger partial charge in [-0.15, -0.1) is 0 Å². The number of pyridine rings is 1. The number of hydrogen-bond donors (Lipinski definition) is 0. The lowest BCUT2D eigenvalue weighted by atomic mass is 10.0. The third-order valence-electron chi connectivity index (χ3n) is 9.79. The van der Waals surface area contributed by atoms with E-state index in [2.05, 4.69) is 168 Å². The van der Waals surface area contributed by atoms with Crippen LogP contribution in [0.3, 0.4) is 0 Å². The van der Waals surface area contributed by atoms with Crippen LogP contribution in [-0.2, 0) is 11.8 Å². The largest absolute Gasteiger partial charge is 0.292 e. The van der Waals surface area contributed by atoms with Crippen molar-refractivity contribution in [2.45, 2.75) is 0 Å². The molecule has 0 aliphatic carbocycles. The van der Waals surface area contributed by atoms with Gasteiger partial charge >= 0.3 is 0 Å². The smallest absolute Gasteiger partial charge is 0.146 e. The number of nitrogens with zero attached hydrogens (tertiary/aromatic N) is 2. The highest BCUT2D eigenvalue weighted by atomic mass is 32.4. The molecule has 10 rings (SSSR count). The number of benzene rings is 8. The van der Waals surface area contributed by atoms with E-state index in [0.717, 1.165) is 27.6 Å². The molecule has 220 valence electrons. The summed E-state index contributed by atoms with van der Waals surface area (Å²) in [6.07, 6.45) is 0. The molecule has 0 aliphatic heterocycles. The van der Waals surface area contributed by atoms with E-state index in [-0.39, 0.29) is 0 Å². The Balaban J connectivity index is 1.29. The van der Waals surface area contributed by atoms with Crippen LogP contribution in [0.1, 0.15) is 0 Å². The SMILES string of the molecule is S=P(c1ccc2ccccc2c1)(c1ccc2c(ccc3ccccc32)c1)c1ccc2c(c1)c1ccccc1n1c3ccccc3nc21. The fourth-order valence-electron chi connectivity index (χ4n) is 7.51. The van der Waals surface area contributed by atoms with Gasteiger partial charge in [-0.25, -0.2) is 4.98 Å². The minimum Gasteiger partial charge on any atom is -0.292 e. The standard InChI is InChI=1S/C43H27N2PS/c47-46(32-20-19-28-9-1-2-11-30(28)25-32,33-21-23-36-31(26-33)18-17-29-10-3-4-12-35(29)36)34-22-24-38-39(27-34)37-13-5-7-15-41(37)45-42-16-8-6-14-40(42)44-43(38)45/h1-27H. The molecule has 1 atom stereocenters. The van der Waals surface area contributed by atoms with Gasteiger partial charge in [0.1, 0.15) is 5.65 Å². The Bertz CT molecular complexity index is 2960. The van der Waals surface area contributed by atoms with Crippen molar-refractivity contribution in [2.75, 3.05) is 0 Å². The van der Waals surface area contributed by atoms with Gasteiger partial charge in [0.05, 0.1) is 16.6 Å². The Labute approximate surface area is 276 Å². The maximum absolute atomic E-state index is 7.05. The van der Waals surface area contributed by atoms with Crippen LogP contribution in [0.15, 0.2) is 164 Å². The molecule has 0 saturated carbocycles. The van der Waals surface area contributed by atoms with Crippen molar-refractivity contribution in [3.05, 3.63) is 164 Å². The topological polar surface area (TPSA) is 17.3 Å². The van der Waals surface area contributed by atoms with Crippen LogP contribution in [0.5, 0.6) is 0 Å². The zero-order valence-corrected chi connectivity index (χ0v) is 27.0. The second-order valence-corrected chi connectivity index (χ2v) is 16.8. The van der Waals surface area contributed by atoms with Gasteiger partial charge in [0.25, 0.3) is 0 Å². The van der Waals surface area contributed by atoms with Crippen LogP contribution in [-0.4, -0.2) is 9.38 Å². The Morgan fingerprint density at radius 1 is 0.404 bits per heavy atom. The molecule has 10 aromatic rings. The fourth-order valence-corrected chi connectivity index (χ4v) is 11.2. The molecule has 0 radical (unpaired) electrons. The van der Waals surface area contributed by atoms with Crippen molar-refractivity contribution in [1.29, 1.82) is 0 Å². The lowest BCUT2D eigenvalue weighted by Gasteiger charge is -2.26. The van der Waals surface area contributed by atoms with Crippen molar-refractivity contribution in [3.8, 4) is 0 Å². The van der Waals surface area contributed by atoms with Crippen molar-refractivity contribution in [2.24, 2.45) is 0 Å². The van der Waals surface area contributed by atoms with Crippen LogP contribution in [0.4, 0.5) is 0 Å². The van der Waals surface area contributed by atoms with Crippen molar-refractivity contribution in [1.82, 2.24) is 9.38 Å². The summed E-state index contributed by atoms with van der Waals surface area (Å²) in [6, 6.07) is 56.9. The van der Waals surface area contributed by atoms with E-state index in [4.69, 9.17) is 16.8 Å². The van der Waals surface area contributed by atoms with E-state index in [9.17, 15) is 0 Å². The maximum Gasteiger partial charge on any atom is 0.146 e. The highest BCUT2D eigenvalue weighted by molar-refractivity contribution is 8.25. The second-order valence-electron chi connectivity index (χ2n) is 12.3. The minimum absolute atomic E-state index is 0.975. The lowest BCUT2D eigenvalue weighted by Crippen LogP contribution is -2.25. The number of aromatic nitrogens is 2. The highest BCUT2D eigenvalue weighted by Gasteiger charge is 2.27. The number of fused-ring (bicyclic) bond motifs is 12. The molecular weight excluding hydrogens is 608 g/mol. The monoisotopic (exact) mass is 634 g/mol. The van der Waals surface area contributed by atoms with E-state index in [1.165, 1.54) is 59.0 Å². The molecule has 0 N–H and O–H groups in total. The average Bonchev–Trinajstić information content (AvgIpc) is 3.54. The van der Waals surface area contributed by atoms with Gasteiger partial charge in [-0.1, -0.05) is 133 Å². The van der Waals surface area contributed by atoms with E-state index >= 15 is 0 Å². The number of imidazole rings is 1. The van der Waals surface area contributed by atoms with Crippen molar-refractivity contribution >= 4 is 104 Å². The Hall–Kier alpha value is -5.34. The van der Waals surface area contributed by atoms with Crippen LogP contribution >= 0.6 is 6.04 Å². The van der Waals surface area contributed by atoms with Gasteiger partial charge in [0.2, 0.25) is 0 Å². The minimum atomic E-state index is -2.51. The second kappa shape index (κ2) is 10.1. The van der Waals surface area contributed by atoms with Crippen LogP contribution in [0.2, 0.25) is 0 Å². The Kier molecular flexibility index (Phi) is 5.75. The molecule has 0 amide bonds. The van der Waals surface area contributed by atoms with Gasteiger partial charge in [-0.05, 0) is 96.1 Å². The first-order valence-electron chi connectivity index (χ1n) is 15.9. The van der Waals surface area contributed by atoms with Crippen molar-refractivity contribution in [3.63, 3.8) is 0 Å². The molecular formula is C43H27N2PS. The van der Waals surface area contributed by atoms with Crippen LogP contribution in [0, 0.1) is 0 Å². The van der Waals surface area contributed by atoms with Gasteiger partial charge in [-0.2, -0.15) is 0 Å². The van der Waals surface area contributed by atoms with Gasteiger partial charge < -0.3 is 0 Å². The first kappa shape index (κ1) is 26.8. The van der Waals surface area contributed by atoms with E-state index < -0.39 is 6.04 Å². The molecule has 0 fully saturated rings. The summed E-state index contributed by atoms with van der Waals surface area (Å²) in [5, 5.41) is 14.5. The first-order valence-corrected chi connectivity index (χ1v) is 18.7. The Morgan fingerprint density at radius 2 is 0.957 bits per heavy atom. The van der Waals surface area contributed by atoms with E-state index in [1.807, 2.05) is 0 Å². The predicted molar refractivity (Wildman–Crippen MR) is 206 cm³/mol. The van der Waals surface area contributed by atoms with Crippen LogP contribution < -0.4 is 15.9 Å². The van der Waals surface area contributed by atoms with E-state index in [0.29, 0.717) is 0 Å². The number of rotatable bonds is 3. The number of para-hydroxylation sites is 3. The normalized spacial score (nSPS) is 13.4. The molecule has 2 nitrogen and oxygen atoms in total. The molecule has 0 bridgehead atoms. The summed E-state index contributed by atoms with van der Waals surface area (Å²) in [7, 11) is 0. The highest BCUT2D eigenvalue weighted by Crippen LogP contribution is 2.46. The maximum atomic E-state index is 7.05. The summed E-state index contributed by atoms with van der Waals surface area (Å²) >= 11 is 7.05. The summed E-state index contributed by atoms with van der Waals surface area (Å²) in [4.78, 5) is 5.14. The van der Waals surface area contributed by atoms with Gasteiger partial charge in [0.15, 0.2) is 0 Å². The zero-order chi connectivity index (χ0) is 31.1. The molecule has 47 heavy (non-hydrogen) atoms. The Morgan fingerprint density at radius 3 is 1.81 bits per heavy atom. The summed E-state index contributed by atoms with van der Waals surface area (Å²) < 4.78 is 2.31. The molecule has 0 aliphatic rings. The summed E-state index contributed by atoms with van der Waals surface area (Å²) in [5.41, 5.74) is 4.24.